The molecule has 13 heavy (non-hydrogen) atoms. The molecule has 5 nitrogen and oxygen atoms in total. The van der Waals surface area contributed by atoms with Crippen LogP contribution in [-0.4, -0.2) is 22.8 Å². The van der Waals surface area contributed by atoms with Crippen molar-refractivity contribution in [2.45, 2.75) is 19.4 Å². The molecule has 1 aromatic rings. The van der Waals surface area contributed by atoms with Crippen LogP contribution in [0.5, 0.6) is 0 Å². The molecule has 2 heterocycles. The van der Waals surface area contributed by atoms with Gasteiger partial charge in [-0.1, -0.05) is 5.16 Å². The second-order valence-corrected chi connectivity index (χ2v) is 3.03. The van der Waals surface area contributed by atoms with E-state index in [1.54, 1.807) is 0 Å². The number of carbonyl (C=O) groups is 1. The minimum absolute atomic E-state index is 0.0671. The largest absolute Gasteiger partial charge is 0.481 e. The first-order valence-electron chi connectivity index (χ1n) is 4.16. The number of carboxylic acid groups (broad SMARTS) is 1. The maximum absolute atomic E-state index is 10.4. The molecule has 1 aromatic heterocycles. The van der Waals surface area contributed by atoms with E-state index in [1.807, 2.05) is 0 Å². The Balaban J connectivity index is 2.26. The number of nitrogens with zero attached hydrogens (tertiary/aromatic N) is 1. The normalized spacial score (nSPS) is 15.4. The van der Waals surface area contributed by atoms with Gasteiger partial charge in [-0.3, -0.25) is 4.79 Å². The Morgan fingerprint density at radius 1 is 1.69 bits per heavy atom. The van der Waals surface area contributed by atoms with E-state index in [0.717, 1.165) is 24.2 Å². The summed E-state index contributed by atoms with van der Waals surface area (Å²) in [4.78, 5) is 10.4. The summed E-state index contributed by atoms with van der Waals surface area (Å²) in [5.41, 5.74) is 1.82. The van der Waals surface area contributed by atoms with Crippen molar-refractivity contribution in [3.8, 4) is 0 Å². The van der Waals surface area contributed by atoms with Crippen LogP contribution in [0.4, 0.5) is 0 Å². The molecule has 0 radical (unpaired) electrons. The molecule has 0 aliphatic carbocycles. The summed E-state index contributed by atoms with van der Waals surface area (Å²) in [5, 5.41) is 15.5. The van der Waals surface area contributed by atoms with E-state index in [2.05, 4.69) is 10.5 Å². The monoisotopic (exact) mass is 182 g/mol. The Kier molecular flexibility index (Phi) is 2.02. The molecule has 2 N–H and O–H groups in total. The Morgan fingerprint density at radius 3 is 3.31 bits per heavy atom. The van der Waals surface area contributed by atoms with Crippen molar-refractivity contribution in [2.24, 2.45) is 0 Å². The van der Waals surface area contributed by atoms with Crippen LogP contribution in [-0.2, 0) is 24.2 Å². The highest BCUT2D eigenvalue weighted by Crippen LogP contribution is 2.18. The van der Waals surface area contributed by atoms with E-state index < -0.39 is 5.97 Å². The van der Waals surface area contributed by atoms with Crippen molar-refractivity contribution in [1.29, 1.82) is 0 Å². The fourth-order valence-electron chi connectivity index (χ4n) is 1.50. The molecule has 1 aliphatic heterocycles. The van der Waals surface area contributed by atoms with Gasteiger partial charge in [0, 0.05) is 12.1 Å². The lowest BCUT2D eigenvalue weighted by Gasteiger charge is -2.10. The van der Waals surface area contributed by atoms with Crippen molar-refractivity contribution in [2.75, 3.05) is 6.54 Å². The average molecular weight is 182 g/mol. The van der Waals surface area contributed by atoms with Crippen molar-refractivity contribution in [3.63, 3.8) is 0 Å². The zero-order valence-corrected chi connectivity index (χ0v) is 7.04. The number of fused-ring (bicyclic) bond motifs is 1. The summed E-state index contributed by atoms with van der Waals surface area (Å²) in [7, 11) is 0. The van der Waals surface area contributed by atoms with Crippen LogP contribution in [0.25, 0.3) is 0 Å². The number of aliphatic carboxylic acids is 1. The van der Waals surface area contributed by atoms with Crippen molar-refractivity contribution in [3.05, 3.63) is 17.0 Å². The second kappa shape index (κ2) is 3.18. The summed E-state index contributed by atoms with van der Waals surface area (Å²) in [6.07, 6.45) is 0.740. The summed E-state index contributed by atoms with van der Waals surface area (Å²) in [6, 6.07) is 0. The number of hydrogen-bond donors (Lipinski definition) is 2. The van der Waals surface area contributed by atoms with Gasteiger partial charge in [-0.2, -0.15) is 0 Å². The summed E-state index contributed by atoms with van der Waals surface area (Å²) in [5.74, 6) is -0.374. The zero-order chi connectivity index (χ0) is 9.26. The predicted octanol–water partition coefficient (Wildman–Crippen LogP) is -0.0526. The molecule has 0 bridgehead atoms. The summed E-state index contributed by atoms with van der Waals surface area (Å²) < 4.78 is 4.96. The minimum Gasteiger partial charge on any atom is -0.481 e. The number of aromatic nitrogens is 1. The Morgan fingerprint density at radius 2 is 2.54 bits per heavy atom. The first-order valence-corrected chi connectivity index (χ1v) is 4.16. The Hall–Kier alpha value is -1.36. The van der Waals surface area contributed by atoms with Gasteiger partial charge in [0.05, 0.1) is 0 Å². The standard InChI is InChI=1S/C8H10N2O3/c11-8(12)3-7-5-1-2-9-4-6(5)10-13-7/h9H,1-4H2,(H,11,12). The molecule has 5 heteroatoms. The lowest BCUT2D eigenvalue weighted by atomic mass is 10.1. The third kappa shape index (κ3) is 1.55. The zero-order valence-electron chi connectivity index (χ0n) is 7.04. The van der Waals surface area contributed by atoms with Crippen LogP contribution < -0.4 is 5.32 Å². The van der Waals surface area contributed by atoms with E-state index in [9.17, 15) is 4.79 Å². The van der Waals surface area contributed by atoms with Crippen LogP contribution in [0.1, 0.15) is 17.0 Å². The van der Waals surface area contributed by atoms with Gasteiger partial charge in [-0.05, 0) is 13.0 Å². The van der Waals surface area contributed by atoms with Gasteiger partial charge < -0.3 is 14.9 Å². The predicted molar refractivity (Wildman–Crippen MR) is 43.3 cm³/mol. The molecule has 0 aromatic carbocycles. The van der Waals surface area contributed by atoms with Gasteiger partial charge in [0.2, 0.25) is 0 Å². The Labute approximate surface area is 74.7 Å². The van der Waals surface area contributed by atoms with E-state index in [1.165, 1.54) is 0 Å². The molecule has 0 saturated heterocycles. The van der Waals surface area contributed by atoms with Gasteiger partial charge >= 0.3 is 5.97 Å². The van der Waals surface area contributed by atoms with Crippen LogP contribution in [0.2, 0.25) is 0 Å². The smallest absolute Gasteiger partial charge is 0.311 e. The van der Waals surface area contributed by atoms with E-state index in [0.29, 0.717) is 12.3 Å². The second-order valence-electron chi connectivity index (χ2n) is 3.03. The number of carboxylic acids is 1. The first-order chi connectivity index (χ1) is 6.27. The van der Waals surface area contributed by atoms with E-state index in [-0.39, 0.29) is 6.42 Å². The lowest BCUT2D eigenvalue weighted by molar-refractivity contribution is -0.136. The Bertz CT molecular complexity index is 332. The van der Waals surface area contributed by atoms with Crippen molar-refractivity contribution in [1.82, 2.24) is 10.5 Å². The number of nitrogens with one attached hydrogen (secondary N) is 1. The molecule has 1 aliphatic rings. The highest BCUT2D eigenvalue weighted by Gasteiger charge is 2.20. The highest BCUT2D eigenvalue weighted by atomic mass is 16.5. The fourth-order valence-corrected chi connectivity index (χ4v) is 1.50. The quantitative estimate of drug-likeness (QED) is 0.670. The highest BCUT2D eigenvalue weighted by molar-refractivity contribution is 5.69. The van der Waals surface area contributed by atoms with Crippen molar-refractivity contribution >= 4 is 5.97 Å². The molecule has 2 rings (SSSR count). The molecule has 0 fully saturated rings. The molecule has 0 amide bonds. The molecule has 0 unspecified atom stereocenters. The van der Waals surface area contributed by atoms with Crippen LogP contribution >= 0.6 is 0 Å². The lowest BCUT2D eigenvalue weighted by Crippen LogP contribution is -2.23. The maximum Gasteiger partial charge on any atom is 0.311 e. The van der Waals surface area contributed by atoms with Crippen molar-refractivity contribution < 1.29 is 14.4 Å². The third-order valence-electron chi connectivity index (χ3n) is 2.11. The third-order valence-corrected chi connectivity index (χ3v) is 2.11. The van der Waals surface area contributed by atoms with Gasteiger partial charge in [0.15, 0.2) is 5.76 Å². The average Bonchev–Trinajstić information content (AvgIpc) is 2.48. The fraction of sp³-hybridized carbons (Fsp3) is 0.500. The number of hydrogen-bond acceptors (Lipinski definition) is 4. The topological polar surface area (TPSA) is 75.4 Å². The van der Waals surface area contributed by atoms with Gasteiger partial charge in [-0.15, -0.1) is 0 Å². The SMILES string of the molecule is O=C(O)Cc1onc2c1CCNC2. The van der Waals surface area contributed by atoms with Crippen LogP contribution in [0.3, 0.4) is 0 Å². The first kappa shape index (κ1) is 8.25. The number of rotatable bonds is 2. The maximum atomic E-state index is 10.4. The van der Waals surface area contributed by atoms with Gasteiger partial charge in [-0.25, -0.2) is 0 Å². The van der Waals surface area contributed by atoms with E-state index in [4.69, 9.17) is 9.63 Å². The summed E-state index contributed by atoms with van der Waals surface area (Å²) in [6.45, 7) is 1.54. The molecule has 0 spiro atoms. The van der Waals surface area contributed by atoms with E-state index >= 15 is 0 Å². The molecular weight excluding hydrogens is 172 g/mol. The van der Waals surface area contributed by atoms with Gasteiger partial charge in [0.25, 0.3) is 0 Å². The summed E-state index contributed by atoms with van der Waals surface area (Å²) >= 11 is 0. The van der Waals surface area contributed by atoms with Crippen LogP contribution in [0.15, 0.2) is 4.52 Å². The minimum atomic E-state index is -0.877. The molecule has 0 saturated carbocycles. The van der Waals surface area contributed by atoms with Crippen LogP contribution in [0, 0.1) is 0 Å². The molecule has 70 valence electrons. The van der Waals surface area contributed by atoms with Gasteiger partial charge in [0.1, 0.15) is 12.1 Å². The molecular formula is C8H10N2O3. The molecule has 0 atom stereocenters.